The van der Waals surface area contributed by atoms with Crippen molar-refractivity contribution in [2.75, 3.05) is 5.32 Å². The van der Waals surface area contributed by atoms with Crippen LogP contribution in [0.2, 0.25) is 5.02 Å². The Kier molecular flexibility index (Phi) is 8.20. The number of amides is 2. The summed E-state index contributed by atoms with van der Waals surface area (Å²) in [6, 6.07) is 8.57. The van der Waals surface area contributed by atoms with Crippen LogP contribution in [-0.4, -0.2) is 28.0 Å². The molecule has 10 nitrogen and oxygen atoms in total. The zero-order valence-electron chi connectivity index (χ0n) is 20.1. The SMILES string of the molecule is N#Cc1ccc(Cl)cc1-c1cc(=O)n(C(Cc2cnco2)C(=O)Nc2ccc(C(N)=O)c(F)c2)cc1OC(F)F. The van der Waals surface area contributed by atoms with Gasteiger partial charge in [-0.05, 0) is 36.4 Å². The van der Waals surface area contributed by atoms with Gasteiger partial charge in [-0.1, -0.05) is 11.6 Å². The highest BCUT2D eigenvalue weighted by Crippen LogP contribution is 2.34. The lowest BCUT2D eigenvalue weighted by molar-refractivity contribution is -0.119. The number of nitrogens with zero attached hydrogens (tertiary/aromatic N) is 3. The van der Waals surface area contributed by atoms with E-state index in [0.29, 0.717) is 0 Å². The van der Waals surface area contributed by atoms with Crippen LogP contribution >= 0.6 is 11.6 Å². The normalized spacial score (nSPS) is 11.6. The monoisotopic (exact) mass is 571 g/mol. The van der Waals surface area contributed by atoms with Crippen molar-refractivity contribution in [3.8, 4) is 22.9 Å². The molecule has 0 spiro atoms. The van der Waals surface area contributed by atoms with Gasteiger partial charge in [0.25, 0.3) is 11.5 Å². The minimum Gasteiger partial charge on any atom is -0.448 e. The first kappa shape index (κ1) is 27.9. The summed E-state index contributed by atoms with van der Waals surface area (Å²) >= 11 is 6.04. The maximum absolute atomic E-state index is 14.3. The van der Waals surface area contributed by atoms with E-state index in [2.05, 4.69) is 15.0 Å². The Hall–Kier alpha value is -5.09. The lowest BCUT2D eigenvalue weighted by atomic mass is 10.00. The molecule has 3 N–H and O–H groups in total. The molecule has 0 saturated carbocycles. The third kappa shape index (κ3) is 6.13. The van der Waals surface area contributed by atoms with Crippen molar-refractivity contribution in [3.63, 3.8) is 0 Å². The van der Waals surface area contributed by atoms with Gasteiger partial charge in [-0.15, -0.1) is 0 Å². The van der Waals surface area contributed by atoms with E-state index in [-0.39, 0.29) is 39.6 Å². The summed E-state index contributed by atoms with van der Waals surface area (Å²) in [5, 5.41) is 12.1. The Labute approximate surface area is 228 Å². The zero-order valence-corrected chi connectivity index (χ0v) is 20.9. The number of primary amides is 1. The molecule has 1 atom stereocenters. The molecule has 2 aromatic carbocycles. The van der Waals surface area contributed by atoms with Crippen LogP contribution in [0, 0.1) is 17.1 Å². The molecule has 2 aromatic heterocycles. The number of benzene rings is 2. The molecule has 0 bridgehead atoms. The standard InChI is InChI=1S/C26H17ClF3N5O5/c27-14-2-1-13(9-31)18(5-14)19-8-23(36)35(11-22(19)40-26(29)30)21(7-16-10-33-12-39-16)25(38)34-15-3-4-17(24(32)37)20(28)6-15/h1-6,8,10-12,21,26H,7H2,(H2,32,37)(H,34,38). The van der Waals surface area contributed by atoms with Crippen molar-refractivity contribution in [1.29, 1.82) is 5.26 Å². The quantitative estimate of drug-likeness (QED) is 0.304. The second-order valence-corrected chi connectivity index (χ2v) is 8.65. The van der Waals surface area contributed by atoms with Crippen LogP contribution in [0.25, 0.3) is 11.1 Å². The van der Waals surface area contributed by atoms with Crippen LogP contribution in [0.1, 0.15) is 27.7 Å². The van der Waals surface area contributed by atoms with Crippen molar-refractivity contribution in [2.24, 2.45) is 5.73 Å². The van der Waals surface area contributed by atoms with Gasteiger partial charge in [-0.3, -0.25) is 19.0 Å². The van der Waals surface area contributed by atoms with Crippen molar-refractivity contribution >= 4 is 29.1 Å². The number of alkyl halides is 2. The van der Waals surface area contributed by atoms with E-state index in [1.165, 1.54) is 30.5 Å². The average Bonchev–Trinajstić information content (AvgIpc) is 3.41. The Morgan fingerprint density at radius 1 is 1.20 bits per heavy atom. The van der Waals surface area contributed by atoms with Crippen LogP contribution in [0.3, 0.4) is 0 Å². The van der Waals surface area contributed by atoms with E-state index < -0.39 is 47.2 Å². The fourth-order valence-electron chi connectivity index (χ4n) is 3.88. The van der Waals surface area contributed by atoms with E-state index in [0.717, 1.165) is 35.4 Å². The maximum Gasteiger partial charge on any atom is 0.387 e. The van der Waals surface area contributed by atoms with E-state index in [4.69, 9.17) is 21.8 Å². The van der Waals surface area contributed by atoms with Gasteiger partial charge in [0.05, 0.1) is 29.6 Å². The summed E-state index contributed by atoms with van der Waals surface area (Å²) in [5.74, 6) is -3.26. The summed E-state index contributed by atoms with van der Waals surface area (Å²) in [6.07, 6.45) is 2.98. The van der Waals surface area contributed by atoms with E-state index >= 15 is 0 Å². The zero-order chi connectivity index (χ0) is 29.0. The Morgan fingerprint density at radius 2 is 1.98 bits per heavy atom. The van der Waals surface area contributed by atoms with Crippen molar-refractivity contribution in [3.05, 3.63) is 99.3 Å². The first-order valence-electron chi connectivity index (χ1n) is 11.3. The van der Waals surface area contributed by atoms with Gasteiger partial charge in [0.1, 0.15) is 23.4 Å². The predicted octanol–water partition coefficient (Wildman–Crippen LogP) is 4.29. The number of pyridine rings is 1. The molecule has 4 rings (SSSR count). The van der Waals surface area contributed by atoms with Crippen molar-refractivity contribution in [2.45, 2.75) is 19.1 Å². The van der Waals surface area contributed by atoms with E-state index in [1.54, 1.807) is 0 Å². The highest BCUT2D eigenvalue weighted by molar-refractivity contribution is 6.31. The molecule has 0 aliphatic rings. The largest absolute Gasteiger partial charge is 0.448 e. The number of nitrogens with one attached hydrogen (secondary N) is 1. The van der Waals surface area contributed by atoms with Crippen LogP contribution in [0.5, 0.6) is 5.75 Å². The van der Waals surface area contributed by atoms with Gasteiger partial charge in [0.2, 0.25) is 5.91 Å². The predicted molar refractivity (Wildman–Crippen MR) is 135 cm³/mol. The van der Waals surface area contributed by atoms with Gasteiger partial charge in [-0.25, -0.2) is 9.37 Å². The van der Waals surface area contributed by atoms with Crippen LogP contribution in [-0.2, 0) is 11.2 Å². The van der Waals surface area contributed by atoms with Crippen LogP contribution in [0.15, 0.2) is 70.5 Å². The average molecular weight is 572 g/mol. The molecular formula is C26H17ClF3N5O5. The summed E-state index contributed by atoms with van der Waals surface area (Å²) in [6.45, 7) is -3.33. The first-order valence-corrected chi connectivity index (χ1v) is 11.6. The van der Waals surface area contributed by atoms with Crippen molar-refractivity contribution < 1.29 is 31.9 Å². The Balaban J connectivity index is 1.82. The fourth-order valence-corrected chi connectivity index (χ4v) is 4.05. The highest BCUT2D eigenvalue weighted by Gasteiger charge is 2.27. The molecule has 2 amide bonds. The second kappa shape index (κ2) is 11.7. The molecule has 4 aromatic rings. The molecule has 204 valence electrons. The third-order valence-corrected chi connectivity index (χ3v) is 5.91. The molecule has 1 unspecified atom stereocenters. The number of rotatable bonds is 9. The van der Waals surface area contributed by atoms with Crippen LogP contribution < -0.4 is 21.3 Å². The van der Waals surface area contributed by atoms with Gasteiger partial charge in [0, 0.05) is 34.3 Å². The number of nitrogens with two attached hydrogens (primary N) is 1. The summed E-state index contributed by atoms with van der Waals surface area (Å²) in [5.41, 5.74) is 3.69. The number of hydrogen-bond acceptors (Lipinski definition) is 7. The Bertz CT molecular complexity index is 1690. The molecule has 0 fully saturated rings. The highest BCUT2D eigenvalue weighted by atomic mass is 35.5. The lowest BCUT2D eigenvalue weighted by Gasteiger charge is -2.21. The van der Waals surface area contributed by atoms with Gasteiger partial charge in [-0.2, -0.15) is 14.0 Å². The number of halogens is 4. The van der Waals surface area contributed by atoms with E-state index in [1.807, 2.05) is 6.07 Å². The summed E-state index contributed by atoms with van der Waals surface area (Å²) in [7, 11) is 0. The minimum atomic E-state index is -3.33. The van der Waals surface area contributed by atoms with Crippen LogP contribution in [0.4, 0.5) is 18.9 Å². The maximum atomic E-state index is 14.3. The lowest BCUT2D eigenvalue weighted by Crippen LogP contribution is -2.34. The smallest absolute Gasteiger partial charge is 0.387 e. The molecule has 14 heteroatoms. The van der Waals surface area contributed by atoms with E-state index in [9.17, 15) is 32.8 Å². The number of ether oxygens (including phenoxy) is 1. The van der Waals surface area contributed by atoms with Gasteiger partial charge < -0.3 is 20.2 Å². The number of aromatic nitrogens is 2. The number of carbonyl (C=O) groups is 2. The second-order valence-electron chi connectivity index (χ2n) is 8.21. The molecule has 0 aliphatic heterocycles. The molecule has 0 saturated heterocycles. The minimum absolute atomic E-state index is 0.0260. The molecule has 40 heavy (non-hydrogen) atoms. The summed E-state index contributed by atoms with van der Waals surface area (Å²) in [4.78, 5) is 41.7. The molecular weight excluding hydrogens is 555 g/mol. The molecule has 2 heterocycles. The topological polar surface area (TPSA) is 153 Å². The fraction of sp³-hybridized carbons (Fsp3) is 0.115. The first-order chi connectivity index (χ1) is 19.1. The number of carbonyl (C=O) groups excluding carboxylic acids is 2. The number of hydrogen-bond donors (Lipinski definition) is 2. The number of anilines is 1. The number of nitriles is 1. The molecule has 0 radical (unpaired) electrons. The van der Waals surface area contributed by atoms with Gasteiger partial charge >= 0.3 is 6.61 Å². The number of oxazole rings is 1. The summed E-state index contributed by atoms with van der Waals surface area (Å²) < 4.78 is 51.8. The van der Waals surface area contributed by atoms with Crippen molar-refractivity contribution in [1.82, 2.24) is 9.55 Å². The van der Waals surface area contributed by atoms with Gasteiger partial charge in [0.15, 0.2) is 6.39 Å². The molecule has 0 aliphatic carbocycles. The third-order valence-electron chi connectivity index (χ3n) is 5.67. The Morgan fingerprint density at radius 3 is 2.60 bits per heavy atom.